The van der Waals surface area contributed by atoms with Gasteiger partial charge in [-0.2, -0.15) is 13.2 Å². The Labute approximate surface area is 205 Å². The van der Waals surface area contributed by atoms with Gasteiger partial charge in [0.25, 0.3) is 5.91 Å². The smallest absolute Gasteiger partial charge is 0.416 e. The Kier molecular flexibility index (Phi) is 8.57. The topological polar surface area (TPSA) is 118 Å². The highest BCUT2D eigenvalue weighted by Crippen LogP contribution is 2.43. The molecule has 0 unspecified atom stereocenters. The molecule has 2 aromatic carbocycles. The number of carboxylic acid groups (broad SMARTS) is 1. The fourth-order valence-corrected chi connectivity index (χ4v) is 4.01. The normalized spacial score (nSPS) is 15.1. The summed E-state index contributed by atoms with van der Waals surface area (Å²) in [5.41, 5.74) is 0.296. The molecule has 0 saturated carbocycles. The number of aliphatic carboxylic acids is 1. The molecular formula is C25H27F3N2O6. The summed E-state index contributed by atoms with van der Waals surface area (Å²) in [6.07, 6.45) is -3.57. The van der Waals surface area contributed by atoms with Crippen LogP contribution < -0.4 is 14.8 Å². The predicted octanol–water partition coefficient (Wildman–Crippen LogP) is 3.95. The monoisotopic (exact) mass is 508 g/mol. The molecule has 0 radical (unpaired) electrons. The first-order valence-electron chi connectivity index (χ1n) is 11.2. The van der Waals surface area contributed by atoms with Gasteiger partial charge >= 0.3 is 12.1 Å². The highest BCUT2D eigenvalue weighted by atomic mass is 19.4. The molecule has 1 aliphatic rings. The van der Waals surface area contributed by atoms with E-state index in [0.717, 1.165) is 12.1 Å². The van der Waals surface area contributed by atoms with E-state index >= 15 is 0 Å². The van der Waals surface area contributed by atoms with E-state index in [0.29, 0.717) is 42.7 Å². The number of rotatable bonds is 9. The molecule has 1 atom stereocenters. The van der Waals surface area contributed by atoms with Gasteiger partial charge in [-0.05, 0) is 36.1 Å². The molecule has 8 nitrogen and oxygen atoms in total. The quantitative estimate of drug-likeness (QED) is 0.442. The van der Waals surface area contributed by atoms with Crippen molar-refractivity contribution < 1.29 is 42.1 Å². The van der Waals surface area contributed by atoms with Crippen LogP contribution in [0.5, 0.6) is 11.5 Å². The van der Waals surface area contributed by atoms with Crippen molar-refractivity contribution in [3.8, 4) is 22.6 Å². The van der Waals surface area contributed by atoms with Gasteiger partial charge in [0, 0.05) is 25.6 Å². The third kappa shape index (κ3) is 6.34. The summed E-state index contributed by atoms with van der Waals surface area (Å²) in [6, 6.07) is 6.93. The number of carbonyl (C=O) groups excluding carboxylic acids is 1. The lowest BCUT2D eigenvalue weighted by atomic mass is 9.93. The minimum atomic E-state index is -4.58. The summed E-state index contributed by atoms with van der Waals surface area (Å²) < 4.78 is 55.3. The van der Waals surface area contributed by atoms with Crippen molar-refractivity contribution in [2.24, 2.45) is 5.92 Å². The molecular weight excluding hydrogens is 481 g/mol. The molecule has 11 heteroatoms. The maximum atomic E-state index is 13.2. The van der Waals surface area contributed by atoms with E-state index in [2.05, 4.69) is 5.32 Å². The van der Waals surface area contributed by atoms with Crippen molar-refractivity contribution in [1.29, 1.82) is 5.41 Å². The first kappa shape index (κ1) is 27.0. The lowest BCUT2D eigenvalue weighted by Gasteiger charge is -2.23. The summed E-state index contributed by atoms with van der Waals surface area (Å²) in [7, 11) is 2.51. The molecule has 3 N–H and O–H groups in total. The molecule has 0 bridgehead atoms. The summed E-state index contributed by atoms with van der Waals surface area (Å²) in [6.45, 7) is 0.896. The van der Waals surface area contributed by atoms with Crippen LogP contribution >= 0.6 is 0 Å². The molecule has 1 saturated heterocycles. The Bertz CT molecular complexity index is 1090. The Morgan fingerprint density at radius 2 is 1.67 bits per heavy atom. The number of hydrogen-bond acceptors (Lipinski definition) is 6. The van der Waals surface area contributed by atoms with E-state index in [-0.39, 0.29) is 29.5 Å². The largest absolute Gasteiger partial charge is 0.496 e. The van der Waals surface area contributed by atoms with Crippen molar-refractivity contribution in [3.05, 3.63) is 47.5 Å². The molecule has 1 aliphatic heterocycles. The summed E-state index contributed by atoms with van der Waals surface area (Å²) in [5.74, 6) is -2.32. The zero-order chi connectivity index (χ0) is 26.5. The number of amides is 1. The number of halogens is 3. The second-order valence-electron chi connectivity index (χ2n) is 8.32. The van der Waals surface area contributed by atoms with Crippen molar-refractivity contribution in [2.45, 2.75) is 31.5 Å². The standard InChI is InChI=1S/C25H27F3N2O6/c1-34-19-12-17(25(26,27)28)13-20(35-2)21(19)15-5-3-14(4-6-15)11-18(24(32)33)30-23(31)22(29)16-7-9-36-10-8-16/h3-6,12-13,16,18,29H,7-11H2,1-2H3,(H,30,31)(H,32,33)/t18-/m0/s1. The van der Waals surface area contributed by atoms with Crippen LogP contribution in [0, 0.1) is 11.3 Å². The maximum Gasteiger partial charge on any atom is 0.416 e. The first-order chi connectivity index (χ1) is 17.0. The van der Waals surface area contributed by atoms with Crippen molar-refractivity contribution in [3.63, 3.8) is 0 Å². The van der Waals surface area contributed by atoms with E-state index < -0.39 is 29.7 Å². The molecule has 0 spiro atoms. The molecule has 2 aromatic rings. The van der Waals surface area contributed by atoms with Crippen LogP contribution in [0.1, 0.15) is 24.0 Å². The van der Waals surface area contributed by atoms with Gasteiger partial charge in [0.05, 0.1) is 31.1 Å². The SMILES string of the molecule is COc1cc(C(F)(F)F)cc(OC)c1-c1ccc(C[C@H](NC(=O)C(=N)C2CCOCC2)C(=O)O)cc1. The number of nitrogens with one attached hydrogen (secondary N) is 2. The van der Waals surface area contributed by atoms with Crippen molar-refractivity contribution in [2.75, 3.05) is 27.4 Å². The highest BCUT2D eigenvalue weighted by Gasteiger charge is 2.33. The Hall–Kier alpha value is -3.60. The van der Waals surface area contributed by atoms with Crippen LogP contribution in [0.2, 0.25) is 0 Å². The fourth-order valence-electron chi connectivity index (χ4n) is 4.01. The number of methoxy groups -OCH3 is 2. The molecule has 1 fully saturated rings. The molecule has 194 valence electrons. The van der Waals surface area contributed by atoms with Gasteiger partial charge in [0.1, 0.15) is 17.5 Å². The fraction of sp³-hybridized carbons (Fsp3) is 0.400. The summed E-state index contributed by atoms with van der Waals surface area (Å²) in [5, 5.41) is 20.1. The van der Waals surface area contributed by atoms with Crippen LogP contribution in [0.15, 0.2) is 36.4 Å². The number of benzene rings is 2. The summed E-state index contributed by atoms with van der Waals surface area (Å²) in [4.78, 5) is 24.3. The van der Waals surface area contributed by atoms with Crippen LogP contribution in [-0.2, 0) is 26.9 Å². The number of carboxylic acids is 1. The third-order valence-corrected chi connectivity index (χ3v) is 5.99. The zero-order valence-corrected chi connectivity index (χ0v) is 19.8. The second-order valence-corrected chi connectivity index (χ2v) is 8.32. The second kappa shape index (κ2) is 11.4. The molecule has 0 aliphatic carbocycles. The van der Waals surface area contributed by atoms with Gasteiger partial charge in [-0.15, -0.1) is 0 Å². The van der Waals surface area contributed by atoms with Gasteiger partial charge in [-0.3, -0.25) is 10.2 Å². The maximum absolute atomic E-state index is 13.2. The highest BCUT2D eigenvalue weighted by molar-refractivity contribution is 6.38. The number of alkyl halides is 3. The van der Waals surface area contributed by atoms with Crippen LogP contribution in [0.4, 0.5) is 13.2 Å². The van der Waals surface area contributed by atoms with Crippen molar-refractivity contribution >= 4 is 17.6 Å². The number of carbonyl (C=O) groups is 2. The van der Waals surface area contributed by atoms with Crippen LogP contribution in [0.3, 0.4) is 0 Å². The van der Waals surface area contributed by atoms with Crippen molar-refractivity contribution in [1.82, 2.24) is 5.32 Å². The molecule has 36 heavy (non-hydrogen) atoms. The molecule has 0 aromatic heterocycles. The van der Waals surface area contributed by atoms with Gasteiger partial charge in [0.15, 0.2) is 0 Å². The molecule has 1 amide bonds. The lowest BCUT2D eigenvalue weighted by Crippen LogP contribution is -2.47. The lowest BCUT2D eigenvalue weighted by molar-refractivity contribution is -0.141. The Balaban J connectivity index is 1.79. The van der Waals surface area contributed by atoms with E-state index in [1.165, 1.54) is 14.2 Å². The van der Waals surface area contributed by atoms with Gasteiger partial charge in [-0.25, -0.2) is 4.79 Å². The minimum absolute atomic E-state index is 0.0308. The van der Waals surface area contributed by atoms with Crippen LogP contribution in [0.25, 0.3) is 11.1 Å². The average Bonchev–Trinajstić information content (AvgIpc) is 2.87. The van der Waals surface area contributed by atoms with E-state index in [1.807, 2.05) is 0 Å². The molecule has 3 rings (SSSR count). The third-order valence-electron chi connectivity index (χ3n) is 5.99. The first-order valence-corrected chi connectivity index (χ1v) is 11.2. The minimum Gasteiger partial charge on any atom is -0.496 e. The van der Waals surface area contributed by atoms with Gasteiger partial charge in [-0.1, -0.05) is 24.3 Å². The average molecular weight is 508 g/mol. The van der Waals surface area contributed by atoms with E-state index in [4.69, 9.17) is 19.6 Å². The van der Waals surface area contributed by atoms with E-state index in [1.54, 1.807) is 24.3 Å². The van der Waals surface area contributed by atoms with E-state index in [9.17, 15) is 27.9 Å². The van der Waals surface area contributed by atoms with Gasteiger partial charge in [0.2, 0.25) is 0 Å². The zero-order valence-electron chi connectivity index (χ0n) is 19.8. The molecule has 1 heterocycles. The number of hydrogen-bond donors (Lipinski definition) is 3. The summed E-state index contributed by atoms with van der Waals surface area (Å²) >= 11 is 0. The predicted molar refractivity (Wildman–Crippen MR) is 125 cm³/mol. The van der Waals surface area contributed by atoms with Crippen LogP contribution in [-0.4, -0.2) is 56.2 Å². The number of ether oxygens (including phenoxy) is 3. The Morgan fingerprint density at radius 3 is 2.14 bits per heavy atom. The Morgan fingerprint density at radius 1 is 1.11 bits per heavy atom. The van der Waals surface area contributed by atoms with Gasteiger partial charge < -0.3 is 24.6 Å².